The summed E-state index contributed by atoms with van der Waals surface area (Å²) in [5.74, 6) is 0.438. The van der Waals surface area contributed by atoms with Gasteiger partial charge in [-0.15, -0.1) is 0 Å². The summed E-state index contributed by atoms with van der Waals surface area (Å²) >= 11 is 0. The van der Waals surface area contributed by atoms with Crippen LogP contribution in [0.5, 0.6) is 0 Å². The summed E-state index contributed by atoms with van der Waals surface area (Å²) in [7, 11) is 2.04. The molecular formula is C17H21N3. The van der Waals surface area contributed by atoms with Gasteiger partial charge in [0.05, 0.1) is 0 Å². The molecule has 2 unspecified atom stereocenters. The second-order valence-electron chi connectivity index (χ2n) is 5.49. The smallest absolute Gasteiger partial charge is 0.0485 e. The monoisotopic (exact) mass is 267 g/mol. The van der Waals surface area contributed by atoms with Gasteiger partial charge in [0.15, 0.2) is 0 Å². The third kappa shape index (κ3) is 2.34. The van der Waals surface area contributed by atoms with E-state index in [2.05, 4.69) is 34.3 Å². The Balaban J connectivity index is 2.01. The first-order valence-electron chi connectivity index (χ1n) is 7.34. The van der Waals surface area contributed by atoms with Crippen LogP contribution >= 0.6 is 0 Å². The van der Waals surface area contributed by atoms with Crippen LogP contribution in [0.2, 0.25) is 0 Å². The maximum absolute atomic E-state index is 4.66. The van der Waals surface area contributed by atoms with E-state index in [1.807, 2.05) is 31.6 Å². The lowest BCUT2D eigenvalue weighted by Crippen LogP contribution is -2.28. The van der Waals surface area contributed by atoms with Gasteiger partial charge in [0.1, 0.15) is 0 Å². The van der Waals surface area contributed by atoms with Gasteiger partial charge in [-0.1, -0.05) is 12.1 Å². The molecule has 1 aliphatic carbocycles. The largest absolute Gasteiger partial charge is 0.312 e. The first-order chi connectivity index (χ1) is 9.81. The number of aryl methyl sites for hydroxylation is 2. The minimum Gasteiger partial charge on any atom is -0.312 e. The summed E-state index contributed by atoms with van der Waals surface area (Å²) in [5, 5.41) is 3.49. The molecule has 0 fully saturated rings. The van der Waals surface area contributed by atoms with Crippen molar-refractivity contribution in [2.75, 3.05) is 7.05 Å². The highest BCUT2D eigenvalue weighted by molar-refractivity contribution is 5.32. The maximum atomic E-state index is 4.66. The maximum Gasteiger partial charge on any atom is 0.0485 e. The van der Waals surface area contributed by atoms with Gasteiger partial charge in [-0.25, -0.2) is 0 Å². The van der Waals surface area contributed by atoms with Crippen LogP contribution < -0.4 is 5.32 Å². The lowest BCUT2D eigenvalue weighted by Gasteiger charge is -2.32. The summed E-state index contributed by atoms with van der Waals surface area (Å²) in [6, 6.07) is 8.76. The number of aromatic nitrogens is 2. The highest BCUT2D eigenvalue weighted by atomic mass is 14.9. The van der Waals surface area contributed by atoms with E-state index in [1.54, 1.807) is 0 Å². The Labute approximate surface area is 120 Å². The van der Waals surface area contributed by atoms with Crippen LogP contribution in [0.15, 0.2) is 36.7 Å². The van der Waals surface area contributed by atoms with Crippen molar-refractivity contribution < 1.29 is 0 Å². The van der Waals surface area contributed by atoms with E-state index in [1.165, 1.54) is 29.7 Å². The Bertz CT molecular complexity index is 594. The van der Waals surface area contributed by atoms with Crippen molar-refractivity contribution in [3.63, 3.8) is 0 Å². The SMILES string of the molecule is CNC(c1cccnc1C)C1CCCc2cccnc21. The first-order valence-corrected chi connectivity index (χ1v) is 7.34. The zero-order chi connectivity index (χ0) is 13.9. The van der Waals surface area contributed by atoms with Crippen LogP contribution in [0.4, 0.5) is 0 Å². The first kappa shape index (κ1) is 13.3. The molecule has 1 aliphatic rings. The average molecular weight is 267 g/mol. The molecule has 0 bridgehead atoms. The van der Waals surface area contributed by atoms with Crippen LogP contribution in [0.3, 0.4) is 0 Å². The molecule has 0 saturated heterocycles. The van der Waals surface area contributed by atoms with E-state index < -0.39 is 0 Å². The highest BCUT2D eigenvalue weighted by Crippen LogP contribution is 2.39. The van der Waals surface area contributed by atoms with E-state index in [0.29, 0.717) is 5.92 Å². The standard InChI is InChI=1S/C17H21N3/c1-12-14(9-5-10-19-12)17(18-2)15-8-3-6-13-7-4-11-20-16(13)15/h4-5,7,9-11,15,17-18H,3,6,8H2,1-2H3. The number of likely N-dealkylation sites (N-methyl/N-ethyl adjacent to an activating group) is 1. The Morgan fingerprint density at radius 1 is 1.20 bits per heavy atom. The topological polar surface area (TPSA) is 37.8 Å². The number of hydrogen-bond acceptors (Lipinski definition) is 3. The molecule has 2 heterocycles. The molecule has 0 spiro atoms. The van der Waals surface area contributed by atoms with Crippen molar-refractivity contribution in [1.82, 2.24) is 15.3 Å². The lowest BCUT2D eigenvalue weighted by atomic mass is 9.79. The van der Waals surface area contributed by atoms with Gasteiger partial charge in [-0.05, 0) is 56.5 Å². The van der Waals surface area contributed by atoms with Crippen LogP contribution in [0.25, 0.3) is 0 Å². The van der Waals surface area contributed by atoms with Gasteiger partial charge in [-0.3, -0.25) is 9.97 Å². The molecule has 0 amide bonds. The molecule has 2 aromatic heterocycles. The van der Waals surface area contributed by atoms with E-state index >= 15 is 0 Å². The molecule has 3 heteroatoms. The molecule has 1 N–H and O–H groups in total. The van der Waals surface area contributed by atoms with Gasteiger partial charge in [0.2, 0.25) is 0 Å². The fourth-order valence-electron chi connectivity index (χ4n) is 3.37. The minimum absolute atomic E-state index is 0.289. The molecule has 104 valence electrons. The average Bonchev–Trinajstić information content (AvgIpc) is 2.50. The van der Waals surface area contributed by atoms with Crippen LogP contribution in [0.1, 0.15) is 47.3 Å². The predicted octanol–water partition coefficient (Wildman–Crippen LogP) is 3.17. The third-order valence-electron chi connectivity index (χ3n) is 4.33. The second kappa shape index (κ2) is 5.71. The summed E-state index contributed by atoms with van der Waals surface area (Å²) in [6.45, 7) is 2.09. The zero-order valence-electron chi connectivity index (χ0n) is 12.1. The number of hydrogen-bond donors (Lipinski definition) is 1. The van der Waals surface area contributed by atoms with Crippen molar-refractivity contribution >= 4 is 0 Å². The molecular weight excluding hydrogens is 246 g/mol. The van der Waals surface area contributed by atoms with Crippen LogP contribution in [-0.4, -0.2) is 17.0 Å². The van der Waals surface area contributed by atoms with Crippen molar-refractivity contribution in [3.05, 3.63) is 59.2 Å². The highest BCUT2D eigenvalue weighted by Gasteiger charge is 2.30. The number of rotatable bonds is 3. The summed E-state index contributed by atoms with van der Waals surface area (Å²) in [6.07, 6.45) is 7.35. The molecule has 20 heavy (non-hydrogen) atoms. The fourth-order valence-corrected chi connectivity index (χ4v) is 3.37. The molecule has 2 aromatic rings. The Kier molecular flexibility index (Phi) is 3.79. The Morgan fingerprint density at radius 3 is 2.80 bits per heavy atom. The third-order valence-corrected chi connectivity index (χ3v) is 4.33. The van der Waals surface area contributed by atoms with E-state index in [-0.39, 0.29) is 6.04 Å². The second-order valence-corrected chi connectivity index (χ2v) is 5.49. The van der Waals surface area contributed by atoms with E-state index in [4.69, 9.17) is 0 Å². The predicted molar refractivity (Wildman–Crippen MR) is 80.7 cm³/mol. The zero-order valence-corrected chi connectivity index (χ0v) is 12.1. The fraction of sp³-hybridized carbons (Fsp3) is 0.412. The van der Waals surface area contributed by atoms with Gasteiger partial charge in [0.25, 0.3) is 0 Å². The number of nitrogens with one attached hydrogen (secondary N) is 1. The number of fused-ring (bicyclic) bond motifs is 1. The van der Waals surface area contributed by atoms with Gasteiger partial charge in [0, 0.05) is 35.7 Å². The van der Waals surface area contributed by atoms with Crippen LogP contribution in [0, 0.1) is 6.92 Å². The molecule has 0 aromatic carbocycles. The van der Waals surface area contributed by atoms with Gasteiger partial charge >= 0.3 is 0 Å². The minimum atomic E-state index is 0.289. The van der Waals surface area contributed by atoms with Gasteiger partial charge in [-0.2, -0.15) is 0 Å². The Hall–Kier alpha value is -1.74. The molecule has 2 atom stereocenters. The van der Waals surface area contributed by atoms with Crippen LogP contribution in [-0.2, 0) is 6.42 Å². The van der Waals surface area contributed by atoms with Crippen molar-refractivity contribution in [3.8, 4) is 0 Å². The number of nitrogens with zero attached hydrogens (tertiary/aromatic N) is 2. The molecule has 3 nitrogen and oxygen atoms in total. The number of pyridine rings is 2. The summed E-state index contributed by atoms with van der Waals surface area (Å²) in [5.41, 5.74) is 5.07. The van der Waals surface area contributed by atoms with E-state index in [0.717, 1.165) is 12.1 Å². The molecule has 3 rings (SSSR count). The summed E-state index contributed by atoms with van der Waals surface area (Å²) < 4.78 is 0. The Morgan fingerprint density at radius 2 is 2.00 bits per heavy atom. The quantitative estimate of drug-likeness (QED) is 0.928. The lowest BCUT2D eigenvalue weighted by molar-refractivity contribution is 0.413. The van der Waals surface area contributed by atoms with Crippen molar-refractivity contribution in [2.24, 2.45) is 0 Å². The normalized spacial score (nSPS) is 19.4. The van der Waals surface area contributed by atoms with Gasteiger partial charge < -0.3 is 5.32 Å². The van der Waals surface area contributed by atoms with Crippen molar-refractivity contribution in [2.45, 2.75) is 38.1 Å². The molecule has 0 saturated carbocycles. The van der Waals surface area contributed by atoms with E-state index in [9.17, 15) is 0 Å². The molecule has 0 aliphatic heterocycles. The van der Waals surface area contributed by atoms with Crippen molar-refractivity contribution in [1.29, 1.82) is 0 Å². The molecule has 0 radical (unpaired) electrons. The summed E-state index contributed by atoms with van der Waals surface area (Å²) in [4.78, 5) is 9.10.